The zero-order valence-electron chi connectivity index (χ0n) is 10.4. The Hall–Kier alpha value is -0.890. The zero-order chi connectivity index (χ0) is 11.4. The fourth-order valence-electron chi connectivity index (χ4n) is 2.65. The number of nitrogens with one attached hydrogen (secondary N) is 1. The number of rotatable bonds is 4. The highest BCUT2D eigenvalue weighted by atomic mass is 14.9. The lowest BCUT2D eigenvalue weighted by Gasteiger charge is -2.11. The number of hydrogen-bond donors (Lipinski definition) is 1. The average molecular weight is 218 g/mol. The van der Waals surface area contributed by atoms with Crippen LogP contribution in [0.4, 0.5) is 0 Å². The van der Waals surface area contributed by atoms with E-state index in [9.17, 15) is 0 Å². The third-order valence-electron chi connectivity index (χ3n) is 3.50. The SMILES string of the molecule is Cc1cncc(CNCC2CCC(C)C2)c1. The van der Waals surface area contributed by atoms with Crippen LogP contribution in [0.3, 0.4) is 0 Å². The van der Waals surface area contributed by atoms with Gasteiger partial charge in [0.25, 0.3) is 0 Å². The molecule has 16 heavy (non-hydrogen) atoms. The molecule has 1 aliphatic carbocycles. The van der Waals surface area contributed by atoms with Crippen LogP contribution in [-0.4, -0.2) is 11.5 Å². The monoisotopic (exact) mass is 218 g/mol. The summed E-state index contributed by atoms with van der Waals surface area (Å²) in [4.78, 5) is 4.21. The van der Waals surface area contributed by atoms with Gasteiger partial charge in [-0.15, -0.1) is 0 Å². The molecular weight excluding hydrogens is 196 g/mol. The van der Waals surface area contributed by atoms with Crippen molar-refractivity contribution >= 4 is 0 Å². The van der Waals surface area contributed by atoms with E-state index >= 15 is 0 Å². The third-order valence-corrected chi connectivity index (χ3v) is 3.50. The van der Waals surface area contributed by atoms with Crippen molar-refractivity contribution in [2.24, 2.45) is 11.8 Å². The molecule has 1 N–H and O–H groups in total. The van der Waals surface area contributed by atoms with Crippen LogP contribution in [0.1, 0.15) is 37.3 Å². The largest absolute Gasteiger partial charge is 0.312 e. The minimum Gasteiger partial charge on any atom is -0.312 e. The first-order chi connectivity index (χ1) is 7.74. The molecule has 2 nitrogen and oxygen atoms in total. The van der Waals surface area contributed by atoms with Crippen LogP contribution in [0.5, 0.6) is 0 Å². The molecule has 1 heterocycles. The predicted octanol–water partition coefficient (Wildman–Crippen LogP) is 2.92. The lowest BCUT2D eigenvalue weighted by molar-refractivity contribution is 0.470. The predicted molar refractivity (Wildman–Crippen MR) is 67.2 cm³/mol. The number of aromatic nitrogens is 1. The molecule has 0 bridgehead atoms. The molecule has 1 saturated carbocycles. The standard InChI is InChI=1S/C14H22N2/c1-11-3-4-13(5-11)8-16-10-14-6-12(2)7-15-9-14/h6-7,9,11,13,16H,3-5,8,10H2,1-2H3. The Morgan fingerprint density at radius 1 is 1.38 bits per heavy atom. The summed E-state index contributed by atoms with van der Waals surface area (Å²) in [6.45, 7) is 6.58. The van der Waals surface area contributed by atoms with Gasteiger partial charge in [-0.2, -0.15) is 0 Å². The summed E-state index contributed by atoms with van der Waals surface area (Å²) in [5, 5.41) is 3.55. The van der Waals surface area contributed by atoms with Crippen molar-refractivity contribution in [2.75, 3.05) is 6.54 Å². The summed E-state index contributed by atoms with van der Waals surface area (Å²) < 4.78 is 0. The van der Waals surface area contributed by atoms with Crippen molar-refractivity contribution in [2.45, 2.75) is 39.7 Å². The second-order valence-electron chi connectivity index (χ2n) is 5.29. The molecule has 2 unspecified atom stereocenters. The highest BCUT2D eigenvalue weighted by Gasteiger charge is 2.20. The Bertz CT molecular complexity index is 335. The van der Waals surface area contributed by atoms with Crippen LogP contribution >= 0.6 is 0 Å². The molecule has 88 valence electrons. The average Bonchev–Trinajstić information content (AvgIpc) is 2.64. The fraction of sp³-hybridized carbons (Fsp3) is 0.643. The van der Waals surface area contributed by atoms with Gasteiger partial charge >= 0.3 is 0 Å². The van der Waals surface area contributed by atoms with Crippen molar-refractivity contribution < 1.29 is 0 Å². The number of nitrogens with zero attached hydrogens (tertiary/aromatic N) is 1. The van der Waals surface area contributed by atoms with E-state index in [4.69, 9.17) is 0 Å². The van der Waals surface area contributed by atoms with Crippen molar-refractivity contribution in [3.8, 4) is 0 Å². The molecule has 0 amide bonds. The van der Waals surface area contributed by atoms with Gasteiger partial charge in [0, 0.05) is 18.9 Å². The Morgan fingerprint density at radius 3 is 2.94 bits per heavy atom. The van der Waals surface area contributed by atoms with E-state index in [1.807, 2.05) is 12.4 Å². The second kappa shape index (κ2) is 5.44. The van der Waals surface area contributed by atoms with Gasteiger partial charge in [0.05, 0.1) is 0 Å². The molecular formula is C14H22N2. The van der Waals surface area contributed by atoms with Gasteiger partial charge in [0.2, 0.25) is 0 Å². The van der Waals surface area contributed by atoms with E-state index in [1.165, 1.54) is 30.4 Å². The van der Waals surface area contributed by atoms with E-state index in [0.29, 0.717) is 0 Å². The van der Waals surface area contributed by atoms with Gasteiger partial charge in [0.15, 0.2) is 0 Å². The molecule has 1 aliphatic rings. The topological polar surface area (TPSA) is 24.9 Å². The lowest BCUT2D eigenvalue weighted by Crippen LogP contribution is -2.21. The maximum atomic E-state index is 4.21. The highest BCUT2D eigenvalue weighted by molar-refractivity contribution is 5.16. The first kappa shape index (κ1) is 11.6. The summed E-state index contributed by atoms with van der Waals surface area (Å²) in [6.07, 6.45) is 8.08. The second-order valence-corrected chi connectivity index (χ2v) is 5.29. The molecule has 2 heteroatoms. The smallest absolute Gasteiger partial charge is 0.0313 e. The van der Waals surface area contributed by atoms with E-state index in [0.717, 1.165) is 24.9 Å². The van der Waals surface area contributed by atoms with E-state index in [2.05, 4.69) is 30.2 Å². The van der Waals surface area contributed by atoms with Crippen LogP contribution in [0.25, 0.3) is 0 Å². The third kappa shape index (κ3) is 3.31. The Kier molecular flexibility index (Phi) is 3.94. The highest BCUT2D eigenvalue weighted by Crippen LogP contribution is 2.29. The van der Waals surface area contributed by atoms with E-state index in [-0.39, 0.29) is 0 Å². The van der Waals surface area contributed by atoms with Crippen LogP contribution in [0.15, 0.2) is 18.5 Å². The number of hydrogen-bond acceptors (Lipinski definition) is 2. The Morgan fingerprint density at radius 2 is 2.25 bits per heavy atom. The van der Waals surface area contributed by atoms with Gasteiger partial charge in [-0.05, 0) is 49.3 Å². The molecule has 1 aromatic rings. The van der Waals surface area contributed by atoms with Crippen molar-refractivity contribution in [1.29, 1.82) is 0 Å². The molecule has 0 aliphatic heterocycles. The number of aryl methyl sites for hydroxylation is 1. The van der Waals surface area contributed by atoms with Crippen LogP contribution in [0.2, 0.25) is 0 Å². The van der Waals surface area contributed by atoms with Gasteiger partial charge in [0.1, 0.15) is 0 Å². The lowest BCUT2D eigenvalue weighted by atomic mass is 10.1. The Labute approximate surface area is 98.5 Å². The van der Waals surface area contributed by atoms with E-state index in [1.54, 1.807) is 0 Å². The molecule has 2 rings (SSSR count). The quantitative estimate of drug-likeness (QED) is 0.840. The summed E-state index contributed by atoms with van der Waals surface area (Å²) in [5.41, 5.74) is 2.54. The molecule has 0 spiro atoms. The first-order valence-corrected chi connectivity index (χ1v) is 6.35. The minimum atomic E-state index is 0.896. The molecule has 1 aromatic heterocycles. The first-order valence-electron chi connectivity index (χ1n) is 6.35. The zero-order valence-corrected chi connectivity index (χ0v) is 10.4. The fourth-order valence-corrected chi connectivity index (χ4v) is 2.65. The summed E-state index contributed by atoms with van der Waals surface area (Å²) in [7, 11) is 0. The van der Waals surface area contributed by atoms with Crippen LogP contribution in [-0.2, 0) is 6.54 Å². The molecule has 0 saturated heterocycles. The molecule has 0 aromatic carbocycles. The Balaban J connectivity index is 1.72. The summed E-state index contributed by atoms with van der Waals surface area (Å²) >= 11 is 0. The van der Waals surface area contributed by atoms with Crippen LogP contribution in [0, 0.1) is 18.8 Å². The van der Waals surface area contributed by atoms with Gasteiger partial charge in [-0.1, -0.05) is 19.4 Å². The van der Waals surface area contributed by atoms with Crippen LogP contribution < -0.4 is 5.32 Å². The summed E-state index contributed by atoms with van der Waals surface area (Å²) in [5.74, 6) is 1.83. The molecule has 2 atom stereocenters. The van der Waals surface area contributed by atoms with Gasteiger partial charge < -0.3 is 5.32 Å². The minimum absolute atomic E-state index is 0.896. The van der Waals surface area contributed by atoms with Crippen molar-refractivity contribution in [3.05, 3.63) is 29.6 Å². The van der Waals surface area contributed by atoms with Gasteiger partial charge in [-0.25, -0.2) is 0 Å². The van der Waals surface area contributed by atoms with Gasteiger partial charge in [-0.3, -0.25) is 4.98 Å². The maximum Gasteiger partial charge on any atom is 0.0313 e. The van der Waals surface area contributed by atoms with Crippen molar-refractivity contribution in [1.82, 2.24) is 10.3 Å². The molecule has 0 radical (unpaired) electrons. The number of pyridine rings is 1. The maximum absolute atomic E-state index is 4.21. The van der Waals surface area contributed by atoms with E-state index < -0.39 is 0 Å². The molecule has 1 fully saturated rings. The summed E-state index contributed by atoms with van der Waals surface area (Å²) in [6, 6.07) is 2.21. The normalized spacial score (nSPS) is 24.9. The van der Waals surface area contributed by atoms with Crippen molar-refractivity contribution in [3.63, 3.8) is 0 Å².